The van der Waals surface area contributed by atoms with Gasteiger partial charge in [0.25, 0.3) is 5.91 Å². The molecule has 0 unspecified atom stereocenters. The highest BCUT2D eigenvalue weighted by atomic mass is 16.5. The number of hydrogen-bond donors (Lipinski definition) is 2. The number of rotatable bonds is 3. The Labute approximate surface area is 156 Å². The molecule has 1 aliphatic heterocycles. The average Bonchev–Trinajstić information content (AvgIpc) is 3.26. The van der Waals surface area contributed by atoms with E-state index in [0.717, 1.165) is 16.5 Å². The number of anilines is 1. The smallest absolute Gasteiger partial charge is 0.270 e. The lowest BCUT2D eigenvalue weighted by Crippen LogP contribution is -2.41. The molecule has 140 valence electrons. The predicted octanol–water partition coefficient (Wildman–Crippen LogP) is 3.26. The lowest BCUT2D eigenvalue weighted by Gasteiger charge is -2.30. The number of nitrogens with zero attached hydrogens (tertiary/aromatic N) is 2. The second-order valence-electron chi connectivity index (χ2n) is 7.15. The van der Waals surface area contributed by atoms with Crippen LogP contribution in [0.15, 0.2) is 34.9 Å². The number of aryl methyl sites for hydroxylation is 2. The molecule has 4 rings (SSSR count). The van der Waals surface area contributed by atoms with Gasteiger partial charge in [0.05, 0.1) is 0 Å². The summed E-state index contributed by atoms with van der Waals surface area (Å²) in [6.07, 6.45) is 1.27. The number of H-pyrrole nitrogens is 1. The largest absolute Gasteiger partial charge is 0.360 e. The second-order valence-corrected chi connectivity index (χ2v) is 7.15. The van der Waals surface area contributed by atoms with Crippen LogP contribution in [0.3, 0.4) is 0 Å². The van der Waals surface area contributed by atoms with Gasteiger partial charge in [0.15, 0.2) is 5.82 Å². The molecule has 0 bridgehead atoms. The molecule has 27 heavy (non-hydrogen) atoms. The molecule has 1 aliphatic rings. The first kappa shape index (κ1) is 17.3. The van der Waals surface area contributed by atoms with Gasteiger partial charge in [-0.1, -0.05) is 17.3 Å². The lowest BCUT2D eigenvalue weighted by atomic mass is 9.95. The van der Waals surface area contributed by atoms with Crippen molar-refractivity contribution in [1.82, 2.24) is 15.0 Å². The highest BCUT2D eigenvalue weighted by Crippen LogP contribution is 2.23. The van der Waals surface area contributed by atoms with Gasteiger partial charge >= 0.3 is 0 Å². The molecule has 7 nitrogen and oxygen atoms in total. The normalized spacial score (nSPS) is 15.3. The van der Waals surface area contributed by atoms with E-state index in [1.807, 2.05) is 36.1 Å². The van der Waals surface area contributed by atoms with Gasteiger partial charge in [-0.25, -0.2) is 0 Å². The molecular weight excluding hydrogens is 344 g/mol. The van der Waals surface area contributed by atoms with Crippen LogP contribution in [-0.2, 0) is 4.79 Å². The fourth-order valence-corrected chi connectivity index (χ4v) is 3.52. The Morgan fingerprint density at radius 2 is 1.96 bits per heavy atom. The number of carbonyl (C=O) groups is 2. The van der Waals surface area contributed by atoms with Crippen molar-refractivity contribution in [2.75, 3.05) is 18.4 Å². The minimum absolute atomic E-state index is 0.0187. The fraction of sp³-hybridized carbons (Fsp3) is 0.350. The number of aromatic amines is 1. The number of amides is 2. The van der Waals surface area contributed by atoms with Crippen LogP contribution in [-0.4, -0.2) is 39.9 Å². The van der Waals surface area contributed by atoms with E-state index in [9.17, 15) is 9.59 Å². The number of carbonyl (C=O) groups excluding carboxylic acids is 2. The summed E-state index contributed by atoms with van der Waals surface area (Å²) in [5, 5.41) is 7.59. The zero-order valence-corrected chi connectivity index (χ0v) is 15.4. The predicted molar refractivity (Wildman–Crippen MR) is 102 cm³/mol. The maximum absolute atomic E-state index is 12.8. The maximum Gasteiger partial charge on any atom is 0.270 e. The summed E-state index contributed by atoms with van der Waals surface area (Å²) in [6.45, 7) is 4.92. The van der Waals surface area contributed by atoms with Crippen molar-refractivity contribution in [2.45, 2.75) is 26.7 Å². The molecule has 1 fully saturated rings. The van der Waals surface area contributed by atoms with Crippen LogP contribution in [0.4, 0.5) is 5.82 Å². The molecule has 0 saturated carbocycles. The highest BCUT2D eigenvalue weighted by molar-refractivity contribution is 5.98. The third-order valence-corrected chi connectivity index (χ3v) is 5.04. The summed E-state index contributed by atoms with van der Waals surface area (Å²) in [5.74, 6) is 0.867. The minimum Gasteiger partial charge on any atom is -0.360 e. The topological polar surface area (TPSA) is 91.2 Å². The van der Waals surface area contributed by atoms with Gasteiger partial charge in [0.2, 0.25) is 5.91 Å². The molecule has 2 N–H and O–H groups in total. The molecule has 0 atom stereocenters. The Morgan fingerprint density at radius 3 is 2.67 bits per heavy atom. The summed E-state index contributed by atoms with van der Waals surface area (Å²) in [4.78, 5) is 30.2. The Bertz CT molecular complexity index is 996. The SMILES string of the molecule is Cc1ccc2cc(C(=O)N3CCC(C(=O)Nc4cc(C)on4)CC3)[nH]c2c1. The number of benzene rings is 1. The molecule has 3 aromatic rings. The van der Waals surface area contributed by atoms with E-state index in [4.69, 9.17) is 4.52 Å². The van der Waals surface area contributed by atoms with Gasteiger partial charge < -0.3 is 19.7 Å². The van der Waals surface area contributed by atoms with Crippen molar-refractivity contribution in [2.24, 2.45) is 5.92 Å². The van der Waals surface area contributed by atoms with Crippen molar-refractivity contribution >= 4 is 28.5 Å². The van der Waals surface area contributed by atoms with Crippen LogP contribution < -0.4 is 5.32 Å². The van der Waals surface area contributed by atoms with Crippen molar-refractivity contribution < 1.29 is 14.1 Å². The standard InChI is InChI=1S/C20H22N4O3/c1-12-3-4-15-11-17(21-16(15)9-12)20(26)24-7-5-14(6-8-24)19(25)22-18-10-13(2)27-23-18/h3-4,9-11,14,21H,5-8H2,1-2H3,(H,22,23,25). The van der Waals surface area contributed by atoms with Crippen molar-refractivity contribution in [1.29, 1.82) is 0 Å². The first-order valence-electron chi connectivity index (χ1n) is 9.12. The van der Waals surface area contributed by atoms with Gasteiger partial charge in [-0.15, -0.1) is 0 Å². The summed E-state index contributed by atoms with van der Waals surface area (Å²) in [7, 11) is 0. The molecule has 2 amide bonds. The number of fused-ring (bicyclic) bond motifs is 1. The van der Waals surface area contributed by atoms with E-state index in [0.29, 0.717) is 43.2 Å². The Hall–Kier alpha value is -3.09. The number of piperidine rings is 1. The minimum atomic E-state index is -0.128. The van der Waals surface area contributed by atoms with Gasteiger partial charge in [0.1, 0.15) is 11.5 Å². The Morgan fingerprint density at radius 1 is 1.19 bits per heavy atom. The van der Waals surface area contributed by atoms with Crippen LogP contribution in [0.5, 0.6) is 0 Å². The van der Waals surface area contributed by atoms with E-state index < -0.39 is 0 Å². The third-order valence-electron chi connectivity index (χ3n) is 5.04. The maximum atomic E-state index is 12.8. The van der Waals surface area contributed by atoms with Crippen molar-refractivity contribution in [3.63, 3.8) is 0 Å². The second kappa shape index (κ2) is 6.90. The molecule has 2 aromatic heterocycles. The lowest BCUT2D eigenvalue weighted by molar-refractivity contribution is -0.121. The average molecular weight is 366 g/mol. The van der Waals surface area contributed by atoms with Crippen LogP contribution >= 0.6 is 0 Å². The summed E-state index contributed by atoms with van der Waals surface area (Å²) in [5.41, 5.74) is 2.71. The molecule has 0 radical (unpaired) electrons. The molecular formula is C20H22N4O3. The fourth-order valence-electron chi connectivity index (χ4n) is 3.52. The number of nitrogens with one attached hydrogen (secondary N) is 2. The quantitative estimate of drug-likeness (QED) is 0.744. The molecule has 7 heteroatoms. The van der Waals surface area contributed by atoms with E-state index in [1.54, 1.807) is 13.0 Å². The monoisotopic (exact) mass is 366 g/mol. The van der Waals surface area contributed by atoms with Crippen LogP contribution in [0.2, 0.25) is 0 Å². The van der Waals surface area contributed by atoms with Crippen molar-refractivity contribution in [3.8, 4) is 0 Å². The van der Waals surface area contributed by atoms with E-state index >= 15 is 0 Å². The van der Waals surface area contributed by atoms with Crippen molar-refractivity contribution in [3.05, 3.63) is 47.3 Å². The Kier molecular flexibility index (Phi) is 4.43. The summed E-state index contributed by atoms with van der Waals surface area (Å²) >= 11 is 0. The van der Waals surface area contributed by atoms with Crippen LogP contribution in [0, 0.1) is 19.8 Å². The molecule has 1 saturated heterocycles. The third kappa shape index (κ3) is 3.58. The van der Waals surface area contributed by atoms with Gasteiger partial charge in [-0.3, -0.25) is 9.59 Å². The Balaban J connectivity index is 1.37. The van der Waals surface area contributed by atoms with Gasteiger partial charge in [0, 0.05) is 36.0 Å². The summed E-state index contributed by atoms with van der Waals surface area (Å²) < 4.78 is 4.96. The molecule has 0 spiro atoms. The zero-order valence-electron chi connectivity index (χ0n) is 15.4. The zero-order chi connectivity index (χ0) is 19.0. The van der Waals surface area contributed by atoms with E-state index in [1.165, 1.54) is 0 Å². The summed E-state index contributed by atoms with van der Waals surface area (Å²) in [6, 6.07) is 9.66. The van der Waals surface area contributed by atoms with E-state index in [-0.39, 0.29) is 17.7 Å². The molecule has 0 aliphatic carbocycles. The van der Waals surface area contributed by atoms with Gasteiger partial charge in [-0.05, 0) is 44.4 Å². The van der Waals surface area contributed by atoms with Crippen LogP contribution in [0.1, 0.15) is 34.7 Å². The van der Waals surface area contributed by atoms with E-state index in [2.05, 4.69) is 15.5 Å². The van der Waals surface area contributed by atoms with Crippen LogP contribution in [0.25, 0.3) is 10.9 Å². The number of hydrogen-bond acceptors (Lipinski definition) is 4. The first-order valence-corrected chi connectivity index (χ1v) is 9.12. The highest BCUT2D eigenvalue weighted by Gasteiger charge is 2.28. The van der Waals surface area contributed by atoms with Gasteiger partial charge in [-0.2, -0.15) is 0 Å². The molecule has 3 heterocycles. The molecule has 1 aromatic carbocycles. The first-order chi connectivity index (χ1) is 13.0. The number of aromatic nitrogens is 2. The number of likely N-dealkylation sites (tertiary alicyclic amines) is 1.